The van der Waals surface area contributed by atoms with Gasteiger partial charge >= 0.3 is 0 Å². The summed E-state index contributed by atoms with van der Waals surface area (Å²) in [5, 5.41) is 19.8. The Bertz CT molecular complexity index is 1140. The summed E-state index contributed by atoms with van der Waals surface area (Å²) in [6.45, 7) is 2.21. The molecule has 164 valence electrons. The molecule has 10 heteroatoms. The molecular weight excluding hydrogens is 467 g/mol. The van der Waals surface area contributed by atoms with Gasteiger partial charge < -0.3 is 15.5 Å². The van der Waals surface area contributed by atoms with E-state index in [0.29, 0.717) is 45.3 Å². The van der Waals surface area contributed by atoms with Crippen molar-refractivity contribution in [1.29, 1.82) is 5.26 Å². The summed E-state index contributed by atoms with van der Waals surface area (Å²) in [7, 11) is 0. The number of nitriles is 1. The van der Waals surface area contributed by atoms with Crippen LogP contribution in [0.4, 0.5) is 5.95 Å². The second kappa shape index (κ2) is 10.3. The minimum atomic E-state index is 0.226. The van der Waals surface area contributed by atoms with Gasteiger partial charge in [-0.1, -0.05) is 41.0 Å². The smallest absolute Gasteiger partial charge is 0.223 e. The number of hydrogen-bond donors (Lipinski definition) is 2. The molecule has 2 aromatic rings. The van der Waals surface area contributed by atoms with Crippen molar-refractivity contribution in [2.45, 2.75) is 19.3 Å². The van der Waals surface area contributed by atoms with Crippen LogP contribution in [0.25, 0.3) is 11.3 Å². The molecule has 0 atom stereocenters. The van der Waals surface area contributed by atoms with Crippen LogP contribution in [0.2, 0.25) is 10.0 Å². The highest BCUT2D eigenvalue weighted by Crippen LogP contribution is 2.36. The number of rotatable bonds is 7. The van der Waals surface area contributed by atoms with Crippen LogP contribution in [-0.2, 0) is 4.79 Å². The van der Waals surface area contributed by atoms with E-state index in [1.54, 1.807) is 24.4 Å². The average molecular weight is 487 g/mol. The van der Waals surface area contributed by atoms with Gasteiger partial charge in [0, 0.05) is 43.2 Å². The molecule has 0 bridgehead atoms. The van der Waals surface area contributed by atoms with E-state index in [4.69, 9.17) is 23.2 Å². The van der Waals surface area contributed by atoms with Crippen molar-refractivity contribution >= 4 is 58.1 Å². The molecule has 0 radical (unpaired) electrons. The number of thioether (sulfide) groups is 1. The number of amides is 1. The Morgan fingerprint density at radius 1 is 1.31 bits per heavy atom. The number of carbonyl (C=O) groups is 1. The van der Waals surface area contributed by atoms with E-state index in [2.05, 4.69) is 26.7 Å². The third-order valence-corrected chi connectivity index (χ3v) is 6.72. The van der Waals surface area contributed by atoms with Gasteiger partial charge in [-0.25, -0.2) is 9.97 Å². The number of carbonyl (C=O) groups excluding carboxylic acids is 1. The molecule has 1 fully saturated rings. The van der Waals surface area contributed by atoms with Crippen molar-refractivity contribution in [1.82, 2.24) is 20.2 Å². The summed E-state index contributed by atoms with van der Waals surface area (Å²) in [5.74, 6) is 0.674. The summed E-state index contributed by atoms with van der Waals surface area (Å²) in [4.78, 5) is 22.3. The molecule has 3 heterocycles. The normalized spacial score (nSPS) is 17.1. The molecular formula is C22H20Cl2N6OS. The number of benzene rings is 1. The first-order valence-corrected chi connectivity index (χ1v) is 11.8. The van der Waals surface area contributed by atoms with E-state index in [1.807, 2.05) is 16.4 Å². The average Bonchev–Trinajstić information content (AvgIpc) is 3.44. The lowest BCUT2D eigenvalue weighted by Crippen LogP contribution is -2.27. The maximum absolute atomic E-state index is 11.7. The van der Waals surface area contributed by atoms with Gasteiger partial charge in [-0.05, 0) is 31.0 Å². The lowest BCUT2D eigenvalue weighted by Gasteiger charge is -2.15. The van der Waals surface area contributed by atoms with Crippen LogP contribution >= 0.6 is 35.0 Å². The van der Waals surface area contributed by atoms with Crippen molar-refractivity contribution in [2.75, 3.05) is 25.0 Å². The van der Waals surface area contributed by atoms with Crippen molar-refractivity contribution in [3.63, 3.8) is 0 Å². The Labute approximate surface area is 200 Å². The molecule has 7 nitrogen and oxygen atoms in total. The van der Waals surface area contributed by atoms with Gasteiger partial charge in [-0.15, -0.1) is 0 Å². The Morgan fingerprint density at radius 2 is 2.19 bits per heavy atom. The predicted octanol–water partition coefficient (Wildman–Crippen LogP) is 4.73. The summed E-state index contributed by atoms with van der Waals surface area (Å²) in [6.07, 6.45) is 4.02. The van der Waals surface area contributed by atoms with E-state index in [-0.39, 0.29) is 5.91 Å². The summed E-state index contributed by atoms with van der Waals surface area (Å²) >= 11 is 13.5. The maximum Gasteiger partial charge on any atom is 0.223 e. The van der Waals surface area contributed by atoms with E-state index < -0.39 is 0 Å². The number of nitrogens with zero attached hydrogens (tertiary/aromatic N) is 4. The van der Waals surface area contributed by atoms with Crippen LogP contribution < -0.4 is 10.6 Å². The van der Waals surface area contributed by atoms with Gasteiger partial charge in [-0.3, -0.25) is 4.79 Å². The predicted molar refractivity (Wildman–Crippen MR) is 129 cm³/mol. The monoisotopic (exact) mass is 486 g/mol. The van der Waals surface area contributed by atoms with Gasteiger partial charge in [0.25, 0.3) is 0 Å². The van der Waals surface area contributed by atoms with Crippen LogP contribution in [0.1, 0.15) is 30.5 Å². The largest absolute Gasteiger partial charge is 0.354 e. The highest BCUT2D eigenvalue weighted by atomic mass is 35.5. The lowest BCUT2D eigenvalue weighted by atomic mass is 10.1. The number of aromatic nitrogens is 2. The second-order valence-corrected chi connectivity index (χ2v) is 8.94. The molecule has 1 saturated heterocycles. The van der Waals surface area contributed by atoms with Gasteiger partial charge in [0.1, 0.15) is 11.6 Å². The van der Waals surface area contributed by atoms with Gasteiger partial charge in [-0.2, -0.15) is 5.26 Å². The first-order chi connectivity index (χ1) is 15.5. The van der Waals surface area contributed by atoms with Crippen LogP contribution in [0.3, 0.4) is 0 Å². The van der Waals surface area contributed by atoms with Gasteiger partial charge in [0.15, 0.2) is 0 Å². The molecule has 1 aromatic heterocycles. The van der Waals surface area contributed by atoms with E-state index >= 15 is 0 Å². The molecule has 0 spiro atoms. The Morgan fingerprint density at radius 3 is 2.94 bits per heavy atom. The highest BCUT2D eigenvalue weighted by molar-refractivity contribution is 8.06. The minimum Gasteiger partial charge on any atom is -0.354 e. The molecule has 0 aliphatic carbocycles. The SMILES string of the molecule is N#C/C(=C1/NC(c2ccc(Cl)c(Cl)c2)=CS1)c1ccnc(NCCCN2CCCC2=O)n1. The molecule has 4 rings (SSSR count). The highest BCUT2D eigenvalue weighted by Gasteiger charge is 2.20. The first-order valence-electron chi connectivity index (χ1n) is 10.1. The number of nitrogens with one attached hydrogen (secondary N) is 2. The second-order valence-electron chi connectivity index (χ2n) is 7.25. The fourth-order valence-electron chi connectivity index (χ4n) is 3.44. The summed E-state index contributed by atoms with van der Waals surface area (Å²) < 4.78 is 0. The van der Waals surface area contributed by atoms with Crippen molar-refractivity contribution in [3.05, 3.63) is 62.2 Å². The summed E-state index contributed by atoms with van der Waals surface area (Å²) in [5.41, 5.74) is 2.66. The van der Waals surface area contributed by atoms with Crippen molar-refractivity contribution in [2.24, 2.45) is 0 Å². The zero-order valence-corrected chi connectivity index (χ0v) is 19.4. The molecule has 2 N–H and O–H groups in total. The van der Waals surface area contributed by atoms with Crippen molar-refractivity contribution < 1.29 is 4.79 Å². The number of halogens is 2. The third kappa shape index (κ3) is 5.18. The van der Waals surface area contributed by atoms with Crippen LogP contribution in [0, 0.1) is 11.3 Å². The minimum absolute atomic E-state index is 0.226. The number of anilines is 1. The Balaban J connectivity index is 1.41. The summed E-state index contributed by atoms with van der Waals surface area (Å²) in [6, 6.07) is 9.33. The van der Waals surface area contributed by atoms with Crippen LogP contribution in [-0.4, -0.2) is 40.4 Å². The molecule has 32 heavy (non-hydrogen) atoms. The van der Waals surface area contributed by atoms with E-state index in [0.717, 1.165) is 37.2 Å². The first kappa shape index (κ1) is 22.5. The lowest BCUT2D eigenvalue weighted by molar-refractivity contribution is -0.127. The quantitative estimate of drug-likeness (QED) is 0.431. The number of allylic oxidation sites excluding steroid dienone is 1. The molecule has 1 aromatic carbocycles. The van der Waals surface area contributed by atoms with Crippen LogP contribution in [0.5, 0.6) is 0 Å². The fourth-order valence-corrected chi connectivity index (χ4v) is 4.61. The van der Waals surface area contributed by atoms with Gasteiger partial charge in [0.2, 0.25) is 11.9 Å². The fraction of sp³-hybridized carbons (Fsp3) is 0.273. The van der Waals surface area contributed by atoms with E-state index in [1.165, 1.54) is 11.8 Å². The zero-order valence-electron chi connectivity index (χ0n) is 17.1. The van der Waals surface area contributed by atoms with Gasteiger partial charge in [0.05, 0.1) is 26.5 Å². The Kier molecular flexibility index (Phi) is 7.20. The van der Waals surface area contributed by atoms with Crippen molar-refractivity contribution in [3.8, 4) is 6.07 Å². The molecule has 2 aliphatic heterocycles. The Hall–Kier alpha value is -2.73. The third-order valence-electron chi connectivity index (χ3n) is 5.08. The number of hydrogen-bond acceptors (Lipinski definition) is 7. The molecule has 0 unspecified atom stereocenters. The van der Waals surface area contributed by atoms with E-state index in [9.17, 15) is 10.1 Å². The maximum atomic E-state index is 11.7. The number of likely N-dealkylation sites (tertiary alicyclic amines) is 1. The zero-order chi connectivity index (χ0) is 22.5. The molecule has 1 amide bonds. The topological polar surface area (TPSA) is 93.9 Å². The standard InChI is InChI=1S/C22H20Cl2N6OS/c23-16-5-4-14(11-17(16)24)19-13-32-21(28-19)15(12-25)18-6-8-27-22(29-18)26-7-2-10-30-9-1-3-20(30)31/h4-6,8,11,13,28H,1-3,7,9-10H2,(H,26,27,29)/b21-15+. The van der Waals surface area contributed by atoms with Crippen LogP contribution in [0.15, 0.2) is 40.9 Å². The molecule has 0 saturated carbocycles. The molecule has 2 aliphatic rings.